The summed E-state index contributed by atoms with van der Waals surface area (Å²) in [6.45, 7) is 3.45. The maximum atomic E-state index is 13.1. The maximum Gasteiger partial charge on any atom is 0.253 e. The molecule has 1 fully saturated rings. The average molecular weight is 399 g/mol. The van der Waals surface area contributed by atoms with Crippen LogP contribution in [0.4, 0.5) is 0 Å². The molecule has 0 saturated carbocycles. The van der Waals surface area contributed by atoms with Crippen molar-refractivity contribution in [1.29, 1.82) is 0 Å². The summed E-state index contributed by atoms with van der Waals surface area (Å²) in [6, 6.07) is 13.1. The van der Waals surface area contributed by atoms with Gasteiger partial charge in [0, 0.05) is 31.7 Å². The fourth-order valence-electron chi connectivity index (χ4n) is 4.11. The summed E-state index contributed by atoms with van der Waals surface area (Å²) >= 11 is 0. The normalized spacial score (nSPS) is 18.0. The third kappa shape index (κ3) is 3.71. The predicted octanol–water partition coefficient (Wildman–Crippen LogP) is 3.02. The molecule has 0 unspecified atom stereocenters. The summed E-state index contributed by atoms with van der Waals surface area (Å²) in [5, 5.41) is 0. The Kier molecular flexibility index (Phi) is 5.25. The fraction of sp³-hybridized carbons (Fsp3) is 0.409. The van der Waals surface area contributed by atoms with E-state index in [1.54, 1.807) is 11.0 Å². The SMILES string of the molecule is Cc1cccc(C(=O)N2CCN(S(=O)(=O)c3ccc4c(c3)CCCC4)CC2)c1. The summed E-state index contributed by atoms with van der Waals surface area (Å²) < 4.78 is 27.7. The highest BCUT2D eigenvalue weighted by molar-refractivity contribution is 7.89. The van der Waals surface area contributed by atoms with Crippen molar-refractivity contribution in [3.63, 3.8) is 0 Å². The number of amides is 1. The Balaban J connectivity index is 1.46. The van der Waals surface area contributed by atoms with Gasteiger partial charge in [0.05, 0.1) is 4.90 Å². The van der Waals surface area contributed by atoms with Crippen molar-refractivity contribution in [3.8, 4) is 0 Å². The number of hydrogen-bond donors (Lipinski definition) is 0. The van der Waals surface area contributed by atoms with Crippen LogP contribution < -0.4 is 0 Å². The van der Waals surface area contributed by atoms with Crippen LogP contribution in [0.15, 0.2) is 47.4 Å². The van der Waals surface area contributed by atoms with Crippen LogP contribution in [-0.2, 0) is 22.9 Å². The fourth-order valence-corrected chi connectivity index (χ4v) is 5.58. The Labute approximate surface area is 167 Å². The number of benzene rings is 2. The Morgan fingerprint density at radius 1 is 0.893 bits per heavy atom. The average Bonchev–Trinajstić information content (AvgIpc) is 2.73. The first-order valence-corrected chi connectivity index (χ1v) is 11.4. The Bertz CT molecular complexity index is 993. The monoisotopic (exact) mass is 398 g/mol. The minimum absolute atomic E-state index is 0.0328. The molecule has 0 spiro atoms. The van der Waals surface area contributed by atoms with E-state index in [-0.39, 0.29) is 5.91 Å². The van der Waals surface area contributed by atoms with E-state index in [2.05, 4.69) is 0 Å². The van der Waals surface area contributed by atoms with Gasteiger partial charge in [0.15, 0.2) is 0 Å². The van der Waals surface area contributed by atoms with E-state index in [4.69, 9.17) is 0 Å². The van der Waals surface area contributed by atoms with E-state index in [0.717, 1.165) is 24.8 Å². The van der Waals surface area contributed by atoms with Gasteiger partial charge in [0.1, 0.15) is 0 Å². The van der Waals surface area contributed by atoms with Gasteiger partial charge in [-0.15, -0.1) is 0 Å². The summed E-state index contributed by atoms with van der Waals surface area (Å²) in [5.74, 6) is -0.0328. The van der Waals surface area contributed by atoms with Gasteiger partial charge in [-0.3, -0.25) is 4.79 Å². The smallest absolute Gasteiger partial charge is 0.253 e. The van der Waals surface area contributed by atoms with E-state index in [1.807, 2.05) is 43.3 Å². The van der Waals surface area contributed by atoms with Gasteiger partial charge in [-0.25, -0.2) is 8.42 Å². The van der Waals surface area contributed by atoms with Crippen molar-refractivity contribution in [2.75, 3.05) is 26.2 Å². The zero-order chi connectivity index (χ0) is 19.7. The lowest BCUT2D eigenvalue weighted by Gasteiger charge is -2.34. The number of aryl methyl sites for hydroxylation is 3. The lowest BCUT2D eigenvalue weighted by Crippen LogP contribution is -2.50. The molecule has 1 aliphatic heterocycles. The van der Waals surface area contributed by atoms with Crippen molar-refractivity contribution in [2.45, 2.75) is 37.5 Å². The molecular weight excluding hydrogens is 372 g/mol. The number of rotatable bonds is 3. The molecule has 4 rings (SSSR count). The number of sulfonamides is 1. The van der Waals surface area contributed by atoms with E-state index < -0.39 is 10.0 Å². The molecule has 0 bridgehead atoms. The van der Waals surface area contributed by atoms with Crippen LogP contribution in [-0.4, -0.2) is 49.7 Å². The van der Waals surface area contributed by atoms with Crippen molar-refractivity contribution >= 4 is 15.9 Å². The molecule has 1 heterocycles. The van der Waals surface area contributed by atoms with E-state index in [1.165, 1.54) is 21.9 Å². The van der Waals surface area contributed by atoms with Crippen molar-refractivity contribution in [1.82, 2.24) is 9.21 Å². The quantitative estimate of drug-likeness (QED) is 0.799. The van der Waals surface area contributed by atoms with Gasteiger partial charge in [0.25, 0.3) is 5.91 Å². The summed E-state index contributed by atoms with van der Waals surface area (Å²) in [7, 11) is -3.52. The van der Waals surface area contributed by atoms with Gasteiger partial charge < -0.3 is 4.90 Å². The molecule has 0 N–H and O–H groups in total. The van der Waals surface area contributed by atoms with Crippen molar-refractivity contribution < 1.29 is 13.2 Å². The molecular formula is C22H26N2O3S. The lowest BCUT2D eigenvalue weighted by molar-refractivity contribution is 0.0698. The van der Waals surface area contributed by atoms with Gasteiger partial charge in [0.2, 0.25) is 10.0 Å². The first-order chi connectivity index (χ1) is 13.4. The molecule has 1 saturated heterocycles. The molecule has 5 nitrogen and oxygen atoms in total. The molecule has 2 aromatic rings. The molecule has 2 aromatic carbocycles. The number of fused-ring (bicyclic) bond motifs is 1. The van der Waals surface area contributed by atoms with Crippen LogP contribution in [0.1, 0.15) is 39.9 Å². The molecule has 0 aromatic heterocycles. The third-order valence-corrected chi connectivity index (χ3v) is 7.64. The topological polar surface area (TPSA) is 57.7 Å². The van der Waals surface area contributed by atoms with Crippen LogP contribution >= 0.6 is 0 Å². The highest BCUT2D eigenvalue weighted by Gasteiger charge is 2.31. The van der Waals surface area contributed by atoms with Gasteiger partial charge >= 0.3 is 0 Å². The second-order valence-electron chi connectivity index (χ2n) is 7.70. The lowest BCUT2D eigenvalue weighted by atomic mass is 9.92. The number of carbonyl (C=O) groups excluding carboxylic acids is 1. The zero-order valence-corrected chi connectivity index (χ0v) is 17.0. The number of carbonyl (C=O) groups is 1. The Hall–Kier alpha value is -2.18. The molecule has 1 amide bonds. The molecule has 1 aliphatic carbocycles. The summed E-state index contributed by atoms with van der Waals surface area (Å²) in [5.41, 5.74) is 4.14. The highest BCUT2D eigenvalue weighted by atomic mass is 32.2. The van der Waals surface area contributed by atoms with Crippen molar-refractivity contribution in [3.05, 3.63) is 64.7 Å². The third-order valence-electron chi connectivity index (χ3n) is 5.75. The van der Waals surface area contributed by atoms with E-state index in [0.29, 0.717) is 36.6 Å². The largest absolute Gasteiger partial charge is 0.336 e. The first kappa shape index (κ1) is 19.2. The molecule has 28 heavy (non-hydrogen) atoms. The number of hydrogen-bond acceptors (Lipinski definition) is 3. The van der Waals surface area contributed by atoms with Crippen LogP contribution in [0.2, 0.25) is 0 Å². The molecule has 148 valence electrons. The number of piperazine rings is 1. The second kappa shape index (κ2) is 7.68. The van der Waals surface area contributed by atoms with Crippen LogP contribution in [0.5, 0.6) is 0 Å². The van der Waals surface area contributed by atoms with E-state index in [9.17, 15) is 13.2 Å². The summed E-state index contributed by atoms with van der Waals surface area (Å²) in [4.78, 5) is 14.8. The minimum atomic E-state index is -3.52. The van der Waals surface area contributed by atoms with Gasteiger partial charge in [-0.05, 0) is 68.0 Å². The van der Waals surface area contributed by atoms with Crippen molar-refractivity contribution in [2.24, 2.45) is 0 Å². The maximum absolute atomic E-state index is 13.1. The molecule has 0 atom stereocenters. The first-order valence-electron chi connectivity index (χ1n) is 9.93. The standard InChI is InChI=1S/C22H26N2O3S/c1-17-5-4-8-20(15-17)22(25)23-11-13-24(14-12-23)28(26,27)21-10-9-18-6-2-3-7-19(18)16-21/h4-5,8-10,15-16H,2-3,6-7,11-14H2,1H3. The van der Waals surface area contributed by atoms with Crippen LogP contribution in [0.3, 0.4) is 0 Å². The molecule has 6 heteroatoms. The van der Waals surface area contributed by atoms with Gasteiger partial charge in [-0.1, -0.05) is 23.8 Å². The second-order valence-corrected chi connectivity index (χ2v) is 9.64. The van der Waals surface area contributed by atoms with E-state index >= 15 is 0 Å². The molecule has 2 aliphatic rings. The van der Waals surface area contributed by atoms with Crippen LogP contribution in [0, 0.1) is 6.92 Å². The Morgan fingerprint density at radius 2 is 1.61 bits per heavy atom. The predicted molar refractivity (Wildman–Crippen MR) is 109 cm³/mol. The highest BCUT2D eigenvalue weighted by Crippen LogP contribution is 2.26. The minimum Gasteiger partial charge on any atom is -0.336 e. The van der Waals surface area contributed by atoms with Crippen LogP contribution in [0.25, 0.3) is 0 Å². The molecule has 0 radical (unpaired) electrons. The Morgan fingerprint density at radius 3 is 2.32 bits per heavy atom. The zero-order valence-electron chi connectivity index (χ0n) is 16.2. The van der Waals surface area contributed by atoms with Gasteiger partial charge in [-0.2, -0.15) is 4.31 Å². The summed E-state index contributed by atoms with van der Waals surface area (Å²) in [6.07, 6.45) is 4.29. The number of nitrogens with zero attached hydrogens (tertiary/aromatic N) is 2.